The average Bonchev–Trinajstić information content (AvgIpc) is 4.06. The maximum Gasteiger partial charge on any atom is 0.350 e. The van der Waals surface area contributed by atoms with Crippen molar-refractivity contribution in [2.45, 2.75) is 65.8 Å². The highest BCUT2D eigenvalue weighted by Gasteiger charge is 2.30. The fourth-order valence-corrected chi connectivity index (χ4v) is 8.55. The molecule has 0 saturated carbocycles. The molecule has 4 N–H and O–H groups in total. The van der Waals surface area contributed by atoms with E-state index < -0.39 is 12.0 Å². The molecule has 2 aliphatic heterocycles. The van der Waals surface area contributed by atoms with Crippen LogP contribution in [0.15, 0.2) is 74.8 Å². The Labute approximate surface area is 360 Å². The summed E-state index contributed by atoms with van der Waals surface area (Å²) < 4.78 is 16.3. The lowest BCUT2D eigenvalue weighted by atomic mass is 10.1. The molecule has 2 amide bonds. The smallest absolute Gasteiger partial charge is 0.350 e. The highest BCUT2D eigenvalue weighted by atomic mass is 32.1. The van der Waals surface area contributed by atoms with Crippen molar-refractivity contribution >= 4 is 107 Å². The third kappa shape index (κ3) is 11.0. The standard InChI is InChI=1S/C28H34N6O5S.C14H13N3OS2/c1-3-38-26(37)23-16-29-28(40-23)32-27(30-20-9-10-22-19(15-20)14-18(2)39-22)31-21-8-4-5-13-34(25(21)36)17-24(35)33-11-6-7-12-33;1-8-5-10-6-11(3-4-12(10)18-8)16-13(19)17-14-15-7-9(2)20-14/h9-10,14-16,21H,3-8,11-13,17H2,1-2H3,(H2,29,30,31,32);3-7H,1-2H3,(H2,15,16,17,19)/t21-;/m0./s1. The summed E-state index contributed by atoms with van der Waals surface area (Å²) >= 11 is 7.98. The number of anilines is 4. The predicted octanol–water partition coefficient (Wildman–Crippen LogP) is 8.57. The van der Waals surface area contributed by atoms with Gasteiger partial charge in [0.05, 0.1) is 19.3 Å². The molecular weight excluding hydrogens is 823 g/mol. The van der Waals surface area contributed by atoms with Crippen LogP contribution in [0.1, 0.15) is 65.1 Å². The maximum atomic E-state index is 13.6. The Morgan fingerprint density at radius 1 is 0.833 bits per heavy atom. The minimum atomic E-state index is -0.673. The zero-order chi connectivity index (χ0) is 42.2. The van der Waals surface area contributed by atoms with Gasteiger partial charge < -0.3 is 44.6 Å². The molecule has 6 aromatic rings. The van der Waals surface area contributed by atoms with Crippen LogP contribution in [0.5, 0.6) is 0 Å². The number of thiocarbonyl (C=S) groups is 1. The van der Waals surface area contributed by atoms with Gasteiger partial charge in [-0.25, -0.2) is 19.8 Å². The third-order valence-electron chi connectivity index (χ3n) is 9.67. The van der Waals surface area contributed by atoms with Crippen molar-refractivity contribution in [1.82, 2.24) is 19.8 Å². The van der Waals surface area contributed by atoms with Gasteiger partial charge in [0, 0.05) is 52.9 Å². The molecule has 1 atom stereocenters. The molecule has 0 unspecified atom stereocenters. The number of likely N-dealkylation sites (tertiary alicyclic amines) is 2. The lowest BCUT2D eigenvalue weighted by Crippen LogP contribution is -2.45. The largest absolute Gasteiger partial charge is 0.462 e. The molecule has 0 spiro atoms. The number of carbonyl (C=O) groups excluding carboxylic acids is 3. The molecule has 0 aliphatic carbocycles. The Bertz CT molecular complexity index is 2520. The minimum absolute atomic E-state index is 0.00931. The number of aryl methyl sites for hydroxylation is 3. The second-order valence-electron chi connectivity index (χ2n) is 14.4. The van der Waals surface area contributed by atoms with E-state index in [9.17, 15) is 14.4 Å². The number of fused-ring (bicyclic) bond motifs is 2. The number of carbonyl (C=O) groups is 3. The Morgan fingerprint density at radius 3 is 2.12 bits per heavy atom. The molecule has 2 fully saturated rings. The number of esters is 1. The molecular formula is C42H47N9O6S3. The molecule has 314 valence electrons. The second kappa shape index (κ2) is 19.5. The van der Waals surface area contributed by atoms with Crippen LogP contribution in [-0.2, 0) is 14.3 Å². The number of aliphatic imine (C=N–C) groups is 1. The van der Waals surface area contributed by atoms with Gasteiger partial charge in [-0.05, 0) is 121 Å². The second-order valence-corrected chi connectivity index (χ2v) is 17.1. The molecule has 6 heterocycles. The third-order valence-corrected chi connectivity index (χ3v) is 11.6. The molecule has 4 aromatic heterocycles. The molecule has 2 saturated heterocycles. The van der Waals surface area contributed by atoms with Crippen LogP contribution in [0.25, 0.3) is 21.9 Å². The fourth-order valence-electron chi connectivity index (χ4n) is 6.89. The van der Waals surface area contributed by atoms with Gasteiger partial charge in [-0.15, -0.1) is 11.3 Å². The summed E-state index contributed by atoms with van der Waals surface area (Å²) in [4.78, 5) is 56.9. The number of amides is 2. The fraction of sp³-hybridized carbons (Fsp3) is 0.357. The number of nitrogens with one attached hydrogen (secondary N) is 4. The van der Waals surface area contributed by atoms with Crippen molar-refractivity contribution in [3.8, 4) is 0 Å². The highest BCUT2D eigenvalue weighted by molar-refractivity contribution is 7.80. The lowest BCUT2D eigenvalue weighted by molar-refractivity contribution is -0.140. The van der Waals surface area contributed by atoms with Crippen molar-refractivity contribution in [1.29, 1.82) is 0 Å². The van der Waals surface area contributed by atoms with Crippen molar-refractivity contribution in [2.24, 2.45) is 4.99 Å². The van der Waals surface area contributed by atoms with E-state index in [1.54, 1.807) is 23.2 Å². The zero-order valence-corrected chi connectivity index (χ0v) is 36.3. The van der Waals surface area contributed by atoms with Crippen LogP contribution in [0.3, 0.4) is 0 Å². The number of benzene rings is 2. The van der Waals surface area contributed by atoms with Gasteiger partial charge in [0.2, 0.25) is 17.8 Å². The van der Waals surface area contributed by atoms with Crippen LogP contribution in [-0.4, -0.2) is 87.5 Å². The Balaban J connectivity index is 0.000000227. The van der Waals surface area contributed by atoms with Gasteiger partial charge in [0.1, 0.15) is 33.6 Å². The van der Waals surface area contributed by atoms with E-state index >= 15 is 0 Å². The monoisotopic (exact) mass is 869 g/mol. The number of hydrogen-bond donors (Lipinski definition) is 4. The first-order valence-corrected chi connectivity index (χ1v) is 21.9. The van der Waals surface area contributed by atoms with E-state index in [2.05, 4.69) is 31.2 Å². The van der Waals surface area contributed by atoms with E-state index in [1.807, 2.05) is 80.4 Å². The summed E-state index contributed by atoms with van der Waals surface area (Å²) in [7, 11) is 0. The number of aromatic nitrogens is 2. The van der Waals surface area contributed by atoms with Gasteiger partial charge in [0.15, 0.2) is 15.4 Å². The summed E-state index contributed by atoms with van der Waals surface area (Å²) in [6.45, 7) is 9.97. The molecule has 18 heteroatoms. The molecule has 15 nitrogen and oxygen atoms in total. The van der Waals surface area contributed by atoms with Gasteiger partial charge in [-0.3, -0.25) is 9.59 Å². The first-order chi connectivity index (χ1) is 29.0. The van der Waals surface area contributed by atoms with Crippen LogP contribution >= 0.6 is 34.9 Å². The Morgan fingerprint density at radius 2 is 1.47 bits per heavy atom. The molecule has 2 aliphatic rings. The summed E-state index contributed by atoms with van der Waals surface area (Å²) in [5, 5.41) is 16.4. The van der Waals surface area contributed by atoms with Crippen LogP contribution in [0.2, 0.25) is 0 Å². The normalized spacial score (nSPS) is 15.7. The Hall–Kier alpha value is -5.85. The van der Waals surface area contributed by atoms with E-state index in [0.29, 0.717) is 34.0 Å². The molecule has 0 bridgehead atoms. The number of nitrogens with zero attached hydrogens (tertiary/aromatic N) is 5. The summed E-state index contributed by atoms with van der Waals surface area (Å²) in [6.07, 6.45) is 7.46. The maximum absolute atomic E-state index is 13.6. The molecule has 8 rings (SSSR count). The number of rotatable bonds is 9. The predicted molar refractivity (Wildman–Crippen MR) is 241 cm³/mol. The first-order valence-electron chi connectivity index (χ1n) is 19.8. The quantitative estimate of drug-likeness (QED) is 0.0470. The molecule has 60 heavy (non-hydrogen) atoms. The zero-order valence-electron chi connectivity index (χ0n) is 33.8. The minimum Gasteiger partial charge on any atom is -0.462 e. The number of hydrogen-bond acceptors (Lipinski definition) is 12. The van der Waals surface area contributed by atoms with E-state index in [0.717, 1.165) is 105 Å². The number of ether oxygens (including phenoxy) is 1. The average molecular weight is 870 g/mol. The van der Waals surface area contributed by atoms with Crippen LogP contribution < -0.4 is 21.3 Å². The van der Waals surface area contributed by atoms with Crippen LogP contribution in [0, 0.1) is 20.8 Å². The van der Waals surface area contributed by atoms with Gasteiger partial charge in [0.25, 0.3) is 0 Å². The topological polar surface area (TPSA) is 179 Å². The first kappa shape index (κ1) is 42.3. The van der Waals surface area contributed by atoms with Gasteiger partial charge in [-0.1, -0.05) is 11.3 Å². The van der Waals surface area contributed by atoms with E-state index in [4.69, 9.17) is 30.8 Å². The van der Waals surface area contributed by atoms with Crippen molar-refractivity contribution < 1.29 is 28.0 Å². The number of thiazole rings is 2. The van der Waals surface area contributed by atoms with E-state index in [-0.39, 0.29) is 25.0 Å². The molecule has 0 radical (unpaired) electrons. The Kier molecular flexibility index (Phi) is 13.7. The SMILES string of the molecule is CCOC(=O)c1cnc(NC(=N[C@H]2CCCCN(CC(=O)N3CCCC3)C2=O)Nc2ccc3oc(C)cc3c2)s1.Cc1cc2cc(NC(=S)Nc3ncc(C)s3)ccc2o1. The summed E-state index contributed by atoms with van der Waals surface area (Å²) in [5.41, 5.74) is 3.31. The lowest BCUT2D eigenvalue weighted by Gasteiger charge is -2.25. The van der Waals surface area contributed by atoms with Gasteiger partial charge in [-0.2, -0.15) is 0 Å². The summed E-state index contributed by atoms with van der Waals surface area (Å²) in [5.74, 6) is 1.40. The number of guanidine groups is 1. The highest BCUT2D eigenvalue weighted by Crippen LogP contribution is 2.26. The summed E-state index contributed by atoms with van der Waals surface area (Å²) in [6, 6.07) is 14.8. The van der Waals surface area contributed by atoms with Crippen molar-refractivity contribution in [2.75, 3.05) is 54.1 Å². The van der Waals surface area contributed by atoms with Crippen LogP contribution in [0.4, 0.5) is 21.6 Å². The van der Waals surface area contributed by atoms with E-state index in [1.165, 1.54) is 6.20 Å². The van der Waals surface area contributed by atoms with Crippen molar-refractivity contribution in [3.05, 3.63) is 82.2 Å². The number of furan rings is 2. The molecule has 2 aromatic carbocycles. The van der Waals surface area contributed by atoms with Crippen molar-refractivity contribution in [3.63, 3.8) is 0 Å². The van der Waals surface area contributed by atoms with Gasteiger partial charge >= 0.3 is 5.97 Å².